The van der Waals surface area contributed by atoms with Crippen LogP contribution in [-0.2, 0) is 6.61 Å². The number of hydrogen-bond acceptors (Lipinski definition) is 3. The molecule has 0 saturated carbocycles. The lowest BCUT2D eigenvalue weighted by Crippen LogP contribution is -1.96. The van der Waals surface area contributed by atoms with Crippen molar-refractivity contribution in [2.24, 2.45) is 4.99 Å². The van der Waals surface area contributed by atoms with Gasteiger partial charge >= 0.3 is 0 Å². The minimum Gasteiger partial charge on any atom is -0.494 e. The first-order chi connectivity index (χ1) is 12.3. The Morgan fingerprint density at radius 2 is 1.56 bits per heavy atom. The third-order valence-corrected chi connectivity index (χ3v) is 4.13. The van der Waals surface area contributed by atoms with Crippen molar-refractivity contribution in [1.82, 2.24) is 0 Å². The lowest BCUT2D eigenvalue weighted by Gasteiger charge is -2.06. The molecule has 2 aromatic rings. The number of aliphatic hydroxyl groups excluding tert-OH is 1. The van der Waals surface area contributed by atoms with E-state index in [9.17, 15) is 0 Å². The van der Waals surface area contributed by atoms with Crippen molar-refractivity contribution < 1.29 is 9.84 Å². The Bertz CT molecular complexity index is 617. The van der Waals surface area contributed by atoms with E-state index in [2.05, 4.69) is 11.9 Å². The first-order valence-electron chi connectivity index (χ1n) is 9.28. The van der Waals surface area contributed by atoms with E-state index < -0.39 is 0 Å². The van der Waals surface area contributed by atoms with Crippen molar-refractivity contribution in [3.05, 3.63) is 59.7 Å². The first kappa shape index (κ1) is 19.2. The number of nitrogens with zero attached hydrogens (tertiary/aromatic N) is 1. The van der Waals surface area contributed by atoms with Crippen LogP contribution >= 0.6 is 0 Å². The molecule has 0 atom stereocenters. The fourth-order valence-electron chi connectivity index (χ4n) is 2.56. The molecule has 3 heteroatoms. The molecule has 0 aromatic heterocycles. The van der Waals surface area contributed by atoms with E-state index in [4.69, 9.17) is 9.84 Å². The molecule has 0 aliphatic rings. The van der Waals surface area contributed by atoms with Gasteiger partial charge in [0.05, 0.1) is 18.9 Å². The van der Waals surface area contributed by atoms with Gasteiger partial charge in [0, 0.05) is 6.21 Å². The molecule has 0 spiro atoms. The summed E-state index contributed by atoms with van der Waals surface area (Å²) in [7, 11) is 0. The van der Waals surface area contributed by atoms with Gasteiger partial charge in [0.15, 0.2) is 0 Å². The Hall–Kier alpha value is -2.13. The Kier molecular flexibility index (Phi) is 8.78. The summed E-state index contributed by atoms with van der Waals surface area (Å²) in [4.78, 5) is 4.47. The molecule has 0 fully saturated rings. The van der Waals surface area contributed by atoms with Gasteiger partial charge in [-0.25, -0.2) is 0 Å². The Morgan fingerprint density at radius 3 is 2.24 bits per heavy atom. The summed E-state index contributed by atoms with van der Waals surface area (Å²) >= 11 is 0. The highest BCUT2D eigenvalue weighted by atomic mass is 16.5. The predicted octanol–water partition coefficient (Wildman–Crippen LogP) is 5.67. The maximum absolute atomic E-state index is 9.04. The van der Waals surface area contributed by atoms with Gasteiger partial charge < -0.3 is 9.84 Å². The molecular formula is C22H29NO2. The summed E-state index contributed by atoms with van der Waals surface area (Å²) in [5.41, 5.74) is 2.82. The van der Waals surface area contributed by atoms with E-state index in [1.54, 1.807) is 0 Å². The van der Waals surface area contributed by atoms with E-state index in [1.807, 2.05) is 54.7 Å². The van der Waals surface area contributed by atoms with E-state index in [0.29, 0.717) is 0 Å². The SMILES string of the molecule is CCCCCCCCOc1ccc(N=Cc2ccc(CO)cc2)cc1. The Balaban J connectivity index is 1.72. The second-order valence-corrected chi connectivity index (χ2v) is 6.27. The van der Waals surface area contributed by atoms with Crippen LogP contribution in [0, 0.1) is 0 Å². The maximum atomic E-state index is 9.04. The summed E-state index contributed by atoms with van der Waals surface area (Å²) in [5, 5.41) is 9.04. The molecule has 0 aliphatic heterocycles. The molecule has 0 aliphatic carbocycles. The minimum atomic E-state index is 0.0671. The summed E-state index contributed by atoms with van der Waals surface area (Å²) in [6.07, 6.45) is 9.47. The highest BCUT2D eigenvalue weighted by Crippen LogP contribution is 2.18. The van der Waals surface area contributed by atoms with Gasteiger partial charge in [0.25, 0.3) is 0 Å². The molecule has 0 amide bonds. The van der Waals surface area contributed by atoms with Crippen LogP contribution in [0.3, 0.4) is 0 Å². The van der Waals surface area contributed by atoms with E-state index in [0.717, 1.165) is 35.6 Å². The van der Waals surface area contributed by atoms with Crippen molar-refractivity contribution >= 4 is 11.9 Å². The van der Waals surface area contributed by atoms with Crippen molar-refractivity contribution in [2.75, 3.05) is 6.61 Å². The Labute approximate surface area is 151 Å². The van der Waals surface area contributed by atoms with Gasteiger partial charge in [-0.1, -0.05) is 63.3 Å². The molecule has 3 nitrogen and oxygen atoms in total. The normalized spacial score (nSPS) is 11.1. The summed E-state index contributed by atoms with van der Waals surface area (Å²) < 4.78 is 5.78. The Morgan fingerprint density at radius 1 is 0.880 bits per heavy atom. The molecule has 2 aromatic carbocycles. The van der Waals surface area contributed by atoms with E-state index in [1.165, 1.54) is 32.1 Å². The molecule has 1 N–H and O–H groups in total. The van der Waals surface area contributed by atoms with Crippen molar-refractivity contribution in [3.8, 4) is 5.75 Å². The number of aliphatic hydroxyl groups is 1. The van der Waals surface area contributed by atoms with Crippen LogP contribution in [0.4, 0.5) is 5.69 Å². The number of aliphatic imine (C=N–C) groups is 1. The third-order valence-electron chi connectivity index (χ3n) is 4.13. The zero-order chi connectivity index (χ0) is 17.7. The van der Waals surface area contributed by atoms with Crippen molar-refractivity contribution in [3.63, 3.8) is 0 Å². The number of rotatable bonds is 11. The summed E-state index contributed by atoms with van der Waals surface area (Å²) in [6, 6.07) is 15.6. The van der Waals surface area contributed by atoms with Gasteiger partial charge in [-0.2, -0.15) is 0 Å². The molecule has 0 heterocycles. The zero-order valence-electron chi connectivity index (χ0n) is 15.2. The number of benzene rings is 2. The number of hydrogen-bond donors (Lipinski definition) is 1. The highest BCUT2D eigenvalue weighted by Gasteiger charge is 1.96. The van der Waals surface area contributed by atoms with Crippen LogP contribution in [-0.4, -0.2) is 17.9 Å². The lowest BCUT2D eigenvalue weighted by molar-refractivity contribution is 0.282. The zero-order valence-corrected chi connectivity index (χ0v) is 15.2. The maximum Gasteiger partial charge on any atom is 0.119 e. The average Bonchev–Trinajstić information content (AvgIpc) is 2.67. The topological polar surface area (TPSA) is 41.8 Å². The van der Waals surface area contributed by atoms with Gasteiger partial charge in [-0.3, -0.25) is 4.99 Å². The van der Waals surface area contributed by atoms with Gasteiger partial charge in [0.1, 0.15) is 5.75 Å². The monoisotopic (exact) mass is 339 g/mol. The average molecular weight is 339 g/mol. The molecule has 0 radical (unpaired) electrons. The smallest absolute Gasteiger partial charge is 0.119 e. The molecule has 25 heavy (non-hydrogen) atoms. The highest BCUT2D eigenvalue weighted by molar-refractivity contribution is 5.81. The van der Waals surface area contributed by atoms with Crippen LogP contribution < -0.4 is 4.74 Å². The molecule has 134 valence electrons. The molecule has 0 bridgehead atoms. The first-order valence-corrected chi connectivity index (χ1v) is 9.28. The fraction of sp³-hybridized carbons (Fsp3) is 0.409. The minimum absolute atomic E-state index is 0.0671. The second kappa shape index (κ2) is 11.4. The van der Waals surface area contributed by atoms with Gasteiger partial charge in [-0.05, 0) is 41.8 Å². The van der Waals surface area contributed by atoms with Crippen LogP contribution in [0.15, 0.2) is 53.5 Å². The number of unbranched alkanes of at least 4 members (excludes halogenated alkanes) is 5. The molecular weight excluding hydrogens is 310 g/mol. The van der Waals surface area contributed by atoms with Gasteiger partial charge in [-0.15, -0.1) is 0 Å². The van der Waals surface area contributed by atoms with E-state index >= 15 is 0 Å². The van der Waals surface area contributed by atoms with Crippen LogP contribution in [0.25, 0.3) is 0 Å². The second-order valence-electron chi connectivity index (χ2n) is 6.27. The number of ether oxygens (including phenoxy) is 1. The van der Waals surface area contributed by atoms with E-state index in [-0.39, 0.29) is 6.61 Å². The molecule has 0 unspecified atom stereocenters. The van der Waals surface area contributed by atoms with Crippen LogP contribution in [0.5, 0.6) is 5.75 Å². The fourth-order valence-corrected chi connectivity index (χ4v) is 2.56. The van der Waals surface area contributed by atoms with Crippen LogP contribution in [0.2, 0.25) is 0 Å². The van der Waals surface area contributed by atoms with Crippen molar-refractivity contribution in [2.45, 2.75) is 52.1 Å². The quantitative estimate of drug-likeness (QED) is 0.423. The largest absolute Gasteiger partial charge is 0.494 e. The predicted molar refractivity (Wildman–Crippen MR) is 105 cm³/mol. The lowest BCUT2D eigenvalue weighted by atomic mass is 10.1. The molecule has 2 rings (SSSR count). The van der Waals surface area contributed by atoms with Crippen molar-refractivity contribution in [1.29, 1.82) is 0 Å². The van der Waals surface area contributed by atoms with Gasteiger partial charge in [0.2, 0.25) is 0 Å². The van der Waals surface area contributed by atoms with Crippen LogP contribution in [0.1, 0.15) is 56.6 Å². The molecule has 0 saturated heterocycles. The standard InChI is InChI=1S/C22H29NO2/c1-2-3-4-5-6-7-16-25-22-14-12-21(13-15-22)23-17-19-8-10-20(18-24)11-9-19/h8-15,17,24H,2-7,16,18H2,1H3. The summed E-state index contributed by atoms with van der Waals surface area (Å²) in [5.74, 6) is 0.903. The summed E-state index contributed by atoms with van der Waals surface area (Å²) in [6.45, 7) is 3.09. The third kappa shape index (κ3) is 7.53.